The number of ether oxygens (including phenoxy) is 3. The lowest BCUT2D eigenvalue weighted by Gasteiger charge is -2.08. The van der Waals surface area contributed by atoms with Gasteiger partial charge in [0, 0.05) is 17.1 Å². The molecule has 26 heavy (non-hydrogen) atoms. The van der Waals surface area contributed by atoms with Gasteiger partial charge in [0.2, 0.25) is 0 Å². The van der Waals surface area contributed by atoms with Crippen LogP contribution >= 0.6 is 22.9 Å². The number of rotatable bonds is 6. The fraction of sp³-hybridized carbons (Fsp3) is 0.167. The average molecular weight is 391 g/mol. The summed E-state index contributed by atoms with van der Waals surface area (Å²) in [5, 5.41) is 2.74. The second kappa shape index (κ2) is 8.16. The molecule has 0 aliphatic carbocycles. The van der Waals surface area contributed by atoms with Crippen molar-refractivity contribution >= 4 is 28.9 Å². The van der Waals surface area contributed by atoms with Crippen LogP contribution in [0.1, 0.15) is 16.1 Å². The molecule has 0 aliphatic heterocycles. The van der Waals surface area contributed by atoms with E-state index in [1.165, 1.54) is 17.5 Å². The highest BCUT2D eigenvalue weighted by atomic mass is 35.5. The maximum Gasteiger partial charge on any atom is 0.341 e. The van der Waals surface area contributed by atoms with Crippen molar-refractivity contribution in [3.63, 3.8) is 0 Å². The molecule has 0 atom stereocenters. The zero-order chi connectivity index (χ0) is 18.5. The molecule has 0 saturated carbocycles. The molecule has 134 valence electrons. The van der Waals surface area contributed by atoms with E-state index in [1.54, 1.807) is 26.4 Å². The van der Waals surface area contributed by atoms with E-state index in [9.17, 15) is 4.79 Å². The fourth-order valence-corrected chi connectivity index (χ4v) is 3.23. The average Bonchev–Trinajstić information content (AvgIpc) is 3.15. The SMILES string of the molecule is COc1ccc(-c2nc(COC(=O)c3cccnc3Cl)cs2)cc1OC. The van der Waals surface area contributed by atoms with Gasteiger partial charge in [0.15, 0.2) is 11.5 Å². The minimum absolute atomic E-state index is 0.0495. The van der Waals surface area contributed by atoms with Crippen LogP contribution in [-0.4, -0.2) is 30.2 Å². The smallest absolute Gasteiger partial charge is 0.341 e. The third-order valence-electron chi connectivity index (χ3n) is 3.51. The van der Waals surface area contributed by atoms with Gasteiger partial charge in [-0.3, -0.25) is 0 Å². The highest BCUT2D eigenvalue weighted by Crippen LogP contribution is 2.33. The summed E-state index contributed by atoms with van der Waals surface area (Å²) in [7, 11) is 3.17. The van der Waals surface area contributed by atoms with Gasteiger partial charge in [-0.1, -0.05) is 11.6 Å². The number of thiazole rings is 1. The Labute approximate surface area is 159 Å². The van der Waals surface area contributed by atoms with E-state index in [2.05, 4.69) is 9.97 Å². The van der Waals surface area contributed by atoms with Crippen LogP contribution in [0.25, 0.3) is 10.6 Å². The summed E-state index contributed by atoms with van der Waals surface area (Å²) in [6, 6.07) is 8.75. The van der Waals surface area contributed by atoms with E-state index in [0.29, 0.717) is 17.2 Å². The number of carbonyl (C=O) groups excluding carboxylic acids is 1. The molecule has 0 bridgehead atoms. The summed E-state index contributed by atoms with van der Waals surface area (Å²) in [5.74, 6) is 0.735. The number of benzene rings is 1. The summed E-state index contributed by atoms with van der Waals surface area (Å²) >= 11 is 7.34. The number of nitrogens with zero attached hydrogens (tertiary/aromatic N) is 2. The molecule has 0 aliphatic rings. The van der Waals surface area contributed by atoms with E-state index < -0.39 is 5.97 Å². The van der Waals surface area contributed by atoms with Gasteiger partial charge in [0.05, 0.1) is 25.5 Å². The quantitative estimate of drug-likeness (QED) is 0.463. The summed E-state index contributed by atoms with van der Waals surface area (Å²) < 4.78 is 15.8. The maximum absolute atomic E-state index is 12.1. The summed E-state index contributed by atoms with van der Waals surface area (Å²) in [5.41, 5.74) is 1.76. The molecule has 0 radical (unpaired) electrons. The Hall–Kier alpha value is -2.64. The van der Waals surface area contributed by atoms with Crippen molar-refractivity contribution in [2.75, 3.05) is 14.2 Å². The van der Waals surface area contributed by atoms with Crippen LogP contribution in [-0.2, 0) is 11.3 Å². The molecule has 0 saturated heterocycles. The molecular weight excluding hydrogens is 376 g/mol. The van der Waals surface area contributed by atoms with Crippen molar-refractivity contribution in [1.29, 1.82) is 0 Å². The maximum atomic E-state index is 12.1. The number of methoxy groups -OCH3 is 2. The Kier molecular flexibility index (Phi) is 5.70. The van der Waals surface area contributed by atoms with Crippen LogP contribution in [0.15, 0.2) is 41.9 Å². The number of pyridine rings is 1. The van der Waals surface area contributed by atoms with Gasteiger partial charge in [-0.15, -0.1) is 11.3 Å². The van der Waals surface area contributed by atoms with Crippen molar-refractivity contribution in [3.05, 3.63) is 58.3 Å². The summed E-state index contributed by atoms with van der Waals surface area (Å²) in [6.45, 7) is 0.0495. The van der Waals surface area contributed by atoms with E-state index in [1.807, 2.05) is 23.6 Å². The van der Waals surface area contributed by atoms with Crippen LogP contribution in [0, 0.1) is 0 Å². The third-order valence-corrected chi connectivity index (χ3v) is 4.75. The number of hydrogen-bond donors (Lipinski definition) is 0. The van der Waals surface area contributed by atoms with Crippen molar-refractivity contribution in [2.45, 2.75) is 6.61 Å². The summed E-state index contributed by atoms with van der Waals surface area (Å²) in [6.07, 6.45) is 1.51. The van der Waals surface area contributed by atoms with E-state index in [-0.39, 0.29) is 17.3 Å². The molecular formula is C18H15ClN2O4S. The van der Waals surface area contributed by atoms with Crippen molar-refractivity contribution < 1.29 is 19.0 Å². The number of esters is 1. The number of halogens is 1. The molecule has 2 heterocycles. The fourth-order valence-electron chi connectivity index (χ4n) is 2.23. The van der Waals surface area contributed by atoms with E-state index in [4.69, 9.17) is 25.8 Å². The van der Waals surface area contributed by atoms with Gasteiger partial charge in [-0.2, -0.15) is 0 Å². The molecule has 2 aromatic heterocycles. The van der Waals surface area contributed by atoms with Gasteiger partial charge < -0.3 is 14.2 Å². The predicted octanol–water partition coefficient (Wildman–Crippen LogP) is 4.23. The Morgan fingerprint density at radius 3 is 2.73 bits per heavy atom. The predicted molar refractivity (Wildman–Crippen MR) is 99.0 cm³/mol. The molecule has 0 fully saturated rings. The molecule has 8 heteroatoms. The number of hydrogen-bond acceptors (Lipinski definition) is 7. The molecule has 0 spiro atoms. The Balaban J connectivity index is 1.70. The molecule has 0 unspecified atom stereocenters. The first kappa shape index (κ1) is 18.2. The van der Waals surface area contributed by atoms with Crippen LogP contribution in [0.5, 0.6) is 11.5 Å². The normalized spacial score (nSPS) is 10.4. The van der Waals surface area contributed by atoms with Gasteiger partial charge in [0.1, 0.15) is 16.8 Å². The zero-order valence-electron chi connectivity index (χ0n) is 14.1. The van der Waals surface area contributed by atoms with Gasteiger partial charge in [-0.05, 0) is 30.3 Å². The minimum Gasteiger partial charge on any atom is -0.493 e. The van der Waals surface area contributed by atoms with Gasteiger partial charge in [-0.25, -0.2) is 14.8 Å². The van der Waals surface area contributed by atoms with Crippen molar-refractivity contribution in [2.24, 2.45) is 0 Å². The first-order valence-corrected chi connectivity index (χ1v) is 8.82. The van der Waals surface area contributed by atoms with Crippen LogP contribution in [0.4, 0.5) is 0 Å². The molecule has 0 amide bonds. The zero-order valence-corrected chi connectivity index (χ0v) is 15.6. The lowest BCUT2D eigenvalue weighted by molar-refractivity contribution is 0.0468. The lowest BCUT2D eigenvalue weighted by atomic mass is 10.2. The first-order chi connectivity index (χ1) is 12.6. The molecule has 1 aromatic carbocycles. The van der Waals surface area contributed by atoms with Crippen molar-refractivity contribution in [3.8, 4) is 22.1 Å². The van der Waals surface area contributed by atoms with E-state index >= 15 is 0 Å². The number of carbonyl (C=O) groups is 1. The molecule has 6 nitrogen and oxygen atoms in total. The van der Waals surface area contributed by atoms with Crippen LogP contribution in [0.2, 0.25) is 5.15 Å². The highest BCUT2D eigenvalue weighted by Gasteiger charge is 2.14. The van der Waals surface area contributed by atoms with Crippen LogP contribution < -0.4 is 9.47 Å². The van der Waals surface area contributed by atoms with E-state index in [0.717, 1.165) is 10.6 Å². The van der Waals surface area contributed by atoms with Gasteiger partial charge >= 0.3 is 5.97 Å². The Morgan fingerprint density at radius 2 is 2.00 bits per heavy atom. The van der Waals surface area contributed by atoms with Crippen LogP contribution in [0.3, 0.4) is 0 Å². The van der Waals surface area contributed by atoms with Gasteiger partial charge in [0.25, 0.3) is 0 Å². The standard InChI is InChI=1S/C18H15ClN2O4S/c1-23-14-6-5-11(8-15(14)24-2)17-21-12(10-26-17)9-25-18(22)13-4-3-7-20-16(13)19/h3-8,10H,9H2,1-2H3. The second-order valence-corrected chi connectivity index (χ2v) is 6.35. The Bertz CT molecular complexity index is 929. The highest BCUT2D eigenvalue weighted by molar-refractivity contribution is 7.13. The second-order valence-electron chi connectivity index (χ2n) is 5.13. The lowest BCUT2D eigenvalue weighted by Crippen LogP contribution is -2.06. The van der Waals surface area contributed by atoms with Crippen molar-refractivity contribution in [1.82, 2.24) is 9.97 Å². The Morgan fingerprint density at radius 1 is 1.19 bits per heavy atom. The molecule has 3 rings (SSSR count). The minimum atomic E-state index is -0.538. The topological polar surface area (TPSA) is 70.5 Å². The third kappa shape index (κ3) is 3.95. The first-order valence-electron chi connectivity index (χ1n) is 7.57. The molecule has 3 aromatic rings. The summed E-state index contributed by atoms with van der Waals surface area (Å²) in [4.78, 5) is 20.4. The number of aromatic nitrogens is 2. The largest absolute Gasteiger partial charge is 0.493 e. The monoisotopic (exact) mass is 390 g/mol. The molecule has 0 N–H and O–H groups in total.